The fourth-order valence-electron chi connectivity index (χ4n) is 2.64. The highest BCUT2D eigenvalue weighted by atomic mass is 19.1. The van der Waals surface area contributed by atoms with Crippen LogP contribution in [0.25, 0.3) is 11.0 Å². The fraction of sp³-hybridized carbons (Fsp3) is 0.235. The van der Waals surface area contributed by atoms with E-state index in [1.165, 1.54) is 18.2 Å². The molecule has 0 aliphatic heterocycles. The summed E-state index contributed by atoms with van der Waals surface area (Å²) in [4.78, 5) is 14.0. The van der Waals surface area contributed by atoms with Crippen molar-refractivity contribution in [1.82, 2.24) is 25.6 Å². The first-order valence-electron chi connectivity index (χ1n) is 7.66. The fourth-order valence-corrected chi connectivity index (χ4v) is 2.64. The minimum atomic E-state index is -0.642. The van der Waals surface area contributed by atoms with E-state index in [4.69, 9.17) is 0 Å². The van der Waals surface area contributed by atoms with Gasteiger partial charge in [0.15, 0.2) is 0 Å². The van der Waals surface area contributed by atoms with E-state index in [9.17, 15) is 13.6 Å². The Morgan fingerprint density at radius 1 is 1.16 bits per heavy atom. The minimum Gasteiger partial charge on any atom is -0.350 e. The van der Waals surface area contributed by atoms with Crippen molar-refractivity contribution in [2.24, 2.45) is 0 Å². The number of amides is 1. The molecule has 2 aromatic carbocycles. The maximum absolute atomic E-state index is 14.0. The lowest BCUT2D eigenvalue weighted by Gasteiger charge is -2.25. The Bertz CT molecular complexity index is 889. The molecule has 0 unspecified atom stereocenters. The summed E-state index contributed by atoms with van der Waals surface area (Å²) in [5.41, 5.74) is 1.54. The number of aromatic nitrogens is 3. The van der Waals surface area contributed by atoms with Gasteiger partial charge in [0, 0.05) is 17.7 Å². The third-order valence-corrected chi connectivity index (χ3v) is 3.99. The first-order chi connectivity index (χ1) is 12.0. The molecule has 0 saturated carbocycles. The third kappa shape index (κ3) is 3.48. The second-order valence-corrected chi connectivity index (χ2v) is 5.85. The van der Waals surface area contributed by atoms with Crippen LogP contribution in [0.4, 0.5) is 8.78 Å². The van der Waals surface area contributed by atoms with Crippen LogP contribution in [0.15, 0.2) is 36.4 Å². The standard InChI is InChI=1S/C17H17F2N5O/c1-24(2)15(16-11(18)4-3-5-12(16)19)9-20-17(25)10-6-7-13-14(8-10)22-23-21-13/h3-8,15H,9H2,1-2H3,(H,20,25)(H,21,22,23)/t15-/m0/s1. The van der Waals surface area contributed by atoms with Crippen molar-refractivity contribution >= 4 is 16.9 Å². The van der Waals surface area contributed by atoms with E-state index in [0.717, 1.165) is 0 Å². The summed E-state index contributed by atoms with van der Waals surface area (Å²) in [5.74, 6) is -1.64. The van der Waals surface area contributed by atoms with Gasteiger partial charge < -0.3 is 10.2 Å². The Morgan fingerprint density at radius 2 is 1.84 bits per heavy atom. The second-order valence-electron chi connectivity index (χ2n) is 5.85. The number of nitrogens with one attached hydrogen (secondary N) is 2. The molecule has 0 aliphatic carbocycles. The van der Waals surface area contributed by atoms with Crippen LogP contribution in [0.5, 0.6) is 0 Å². The lowest BCUT2D eigenvalue weighted by molar-refractivity contribution is 0.0941. The number of aromatic amines is 1. The first-order valence-corrected chi connectivity index (χ1v) is 7.66. The zero-order valence-corrected chi connectivity index (χ0v) is 13.8. The Labute approximate surface area is 142 Å². The second kappa shape index (κ2) is 6.94. The molecule has 8 heteroatoms. The van der Waals surface area contributed by atoms with Gasteiger partial charge in [-0.1, -0.05) is 6.07 Å². The highest BCUT2D eigenvalue weighted by Crippen LogP contribution is 2.24. The number of halogens is 2. The van der Waals surface area contributed by atoms with Gasteiger partial charge >= 0.3 is 0 Å². The van der Waals surface area contributed by atoms with Gasteiger partial charge in [0.1, 0.15) is 22.7 Å². The summed E-state index contributed by atoms with van der Waals surface area (Å²) in [5, 5.41) is 13.0. The molecule has 1 amide bonds. The predicted octanol–water partition coefficient (Wildman–Crippen LogP) is 2.27. The Hall–Kier alpha value is -2.87. The molecule has 0 aliphatic rings. The topological polar surface area (TPSA) is 73.9 Å². The van der Waals surface area contributed by atoms with Crippen LogP contribution in [0.1, 0.15) is 22.0 Å². The van der Waals surface area contributed by atoms with Crippen LogP contribution in [0, 0.1) is 11.6 Å². The molecule has 1 heterocycles. The van der Waals surface area contributed by atoms with E-state index in [1.54, 1.807) is 37.2 Å². The number of benzene rings is 2. The third-order valence-electron chi connectivity index (χ3n) is 3.99. The molecule has 6 nitrogen and oxygen atoms in total. The van der Waals surface area contributed by atoms with Crippen molar-refractivity contribution < 1.29 is 13.6 Å². The van der Waals surface area contributed by atoms with E-state index >= 15 is 0 Å². The average molecular weight is 345 g/mol. The smallest absolute Gasteiger partial charge is 0.251 e. The molecule has 2 N–H and O–H groups in total. The number of fused-ring (bicyclic) bond motifs is 1. The maximum Gasteiger partial charge on any atom is 0.251 e. The molecule has 25 heavy (non-hydrogen) atoms. The number of hydrogen-bond donors (Lipinski definition) is 2. The molecule has 0 radical (unpaired) electrons. The molecule has 3 rings (SSSR count). The van der Waals surface area contributed by atoms with Crippen LogP contribution in [-0.2, 0) is 0 Å². The number of likely N-dealkylation sites (N-methyl/N-ethyl adjacent to an activating group) is 1. The zero-order valence-electron chi connectivity index (χ0n) is 13.8. The number of carbonyl (C=O) groups is 1. The first kappa shape index (κ1) is 17.0. The Morgan fingerprint density at radius 3 is 2.52 bits per heavy atom. The van der Waals surface area contributed by atoms with E-state index in [2.05, 4.69) is 20.7 Å². The molecular formula is C17H17F2N5O. The maximum atomic E-state index is 14.0. The zero-order chi connectivity index (χ0) is 18.0. The monoisotopic (exact) mass is 345 g/mol. The Kier molecular flexibility index (Phi) is 4.71. The van der Waals surface area contributed by atoms with E-state index in [1.807, 2.05) is 0 Å². The van der Waals surface area contributed by atoms with Crippen LogP contribution in [-0.4, -0.2) is 46.9 Å². The van der Waals surface area contributed by atoms with Crippen molar-refractivity contribution in [3.8, 4) is 0 Å². The normalized spacial score (nSPS) is 12.5. The summed E-state index contributed by atoms with van der Waals surface area (Å²) in [6.45, 7) is 0.0561. The quantitative estimate of drug-likeness (QED) is 0.744. The number of rotatable bonds is 5. The van der Waals surface area contributed by atoms with Gasteiger partial charge in [-0.25, -0.2) is 8.78 Å². The van der Waals surface area contributed by atoms with Gasteiger partial charge in [-0.05, 0) is 44.4 Å². The number of hydrogen-bond acceptors (Lipinski definition) is 4. The average Bonchev–Trinajstić information content (AvgIpc) is 3.04. The van der Waals surface area contributed by atoms with Crippen LogP contribution in [0.2, 0.25) is 0 Å². The van der Waals surface area contributed by atoms with Crippen molar-refractivity contribution in [2.45, 2.75) is 6.04 Å². The van der Waals surface area contributed by atoms with Gasteiger partial charge in [-0.2, -0.15) is 15.4 Å². The van der Waals surface area contributed by atoms with E-state index in [-0.39, 0.29) is 18.0 Å². The molecule has 1 aromatic heterocycles. The Balaban J connectivity index is 1.78. The SMILES string of the molecule is CN(C)[C@@H](CNC(=O)c1ccc2n[nH]nc2c1)c1c(F)cccc1F. The number of carbonyl (C=O) groups excluding carboxylic acids is 1. The summed E-state index contributed by atoms with van der Waals surface area (Å²) in [6.07, 6.45) is 0. The molecule has 0 spiro atoms. The summed E-state index contributed by atoms with van der Waals surface area (Å²) in [6, 6.07) is 7.97. The van der Waals surface area contributed by atoms with Crippen LogP contribution in [0.3, 0.4) is 0 Å². The van der Waals surface area contributed by atoms with E-state index in [0.29, 0.717) is 16.6 Å². The van der Waals surface area contributed by atoms with E-state index < -0.39 is 17.7 Å². The van der Waals surface area contributed by atoms with Gasteiger partial charge in [0.2, 0.25) is 0 Å². The van der Waals surface area contributed by atoms with Crippen molar-refractivity contribution in [3.63, 3.8) is 0 Å². The summed E-state index contributed by atoms with van der Waals surface area (Å²) < 4.78 is 28.1. The number of nitrogens with zero attached hydrogens (tertiary/aromatic N) is 3. The minimum absolute atomic E-state index is 0.0561. The number of H-pyrrole nitrogens is 1. The lowest BCUT2D eigenvalue weighted by Crippen LogP contribution is -2.35. The van der Waals surface area contributed by atoms with Crippen molar-refractivity contribution in [3.05, 3.63) is 59.2 Å². The van der Waals surface area contributed by atoms with Gasteiger partial charge in [-0.15, -0.1) is 0 Å². The largest absolute Gasteiger partial charge is 0.350 e. The van der Waals surface area contributed by atoms with Gasteiger partial charge in [0.25, 0.3) is 5.91 Å². The van der Waals surface area contributed by atoms with Crippen molar-refractivity contribution in [2.75, 3.05) is 20.6 Å². The summed E-state index contributed by atoms with van der Waals surface area (Å²) in [7, 11) is 3.40. The molecule has 1 atom stereocenters. The molecule has 3 aromatic rings. The van der Waals surface area contributed by atoms with Gasteiger partial charge in [0.05, 0.1) is 6.04 Å². The molecule has 0 fully saturated rings. The highest BCUT2D eigenvalue weighted by molar-refractivity contribution is 5.97. The van der Waals surface area contributed by atoms with Crippen LogP contribution < -0.4 is 5.32 Å². The molecule has 130 valence electrons. The van der Waals surface area contributed by atoms with Gasteiger partial charge in [-0.3, -0.25) is 4.79 Å². The predicted molar refractivity (Wildman–Crippen MR) is 89.0 cm³/mol. The molecule has 0 saturated heterocycles. The summed E-state index contributed by atoms with van der Waals surface area (Å²) >= 11 is 0. The van der Waals surface area contributed by atoms with Crippen molar-refractivity contribution in [1.29, 1.82) is 0 Å². The lowest BCUT2D eigenvalue weighted by atomic mass is 10.0. The highest BCUT2D eigenvalue weighted by Gasteiger charge is 2.23. The molecular weight excluding hydrogens is 328 g/mol. The van der Waals surface area contributed by atoms with Crippen LogP contribution >= 0.6 is 0 Å². The molecule has 0 bridgehead atoms.